The van der Waals surface area contributed by atoms with Gasteiger partial charge in [-0.15, -0.1) is 7.92 Å². The van der Waals surface area contributed by atoms with E-state index in [2.05, 4.69) is 41.3 Å². The molecule has 1 heterocycles. The lowest BCUT2D eigenvalue weighted by atomic mass is 10.1. The van der Waals surface area contributed by atoms with E-state index in [0.29, 0.717) is 11.4 Å². The number of carbonyl (C=O) groups is 1. The highest BCUT2D eigenvalue weighted by Gasteiger charge is 2.08. The van der Waals surface area contributed by atoms with Crippen molar-refractivity contribution in [3.63, 3.8) is 0 Å². The van der Waals surface area contributed by atoms with Crippen LogP contribution in [0.25, 0.3) is 0 Å². The van der Waals surface area contributed by atoms with Crippen molar-refractivity contribution >= 4 is 19.6 Å². The molecular formula is C17H22N3OP. The Hall–Kier alpha value is -1.80. The standard InChI is InChI=1S/C17H22N3OP/c1-4-22(5-2)12-14-6-8-15(9-7-14)17(21)20-16-11-18-13(3)10-19-16/h6-11H,4-5,12H2,1-3H3,(H,19,20,21). The molecule has 1 aromatic heterocycles. The average molecular weight is 315 g/mol. The van der Waals surface area contributed by atoms with Crippen LogP contribution in [0.2, 0.25) is 0 Å². The summed E-state index contributed by atoms with van der Waals surface area (Å²) in [7, 11) is 0.0808. The third-order valence-electron chi connectivity index (χ3n) is 3.54. The van der Waals surface area contributed by atoms with E-state index >= 15 is 0 Å². The van der Waals surface area contributed by atoms with E-state index in [1.54, 1.807) is 12.4 Å². The van der Waals surface area contributed by atoms with Gasteiger partial charge in [0, 0.05) is 5.56 Å². The van der Waals surface area contributed by atoms with Crippen LogP contribution in [-0.4, -0.2) is 28.2 Å². The monoisotopic (exact) mass is 315 g/mol. The van der Waals surface area contributed by atoms with Crippen molar-refractivity contribution in [1.29, 1.82) is 0 Å². The van der Waals surface area contributed by atoms with E-state index in [1.807, 2.05) is 19.1 Å². The Morgan fingerprint density at radius 3 is 2.32 bits per heavy atom. The number of hydrogen-bond acceptors (Lipinski definition) is 3. The quantitative estimate of drug-likeness (QED) is 0.818. The number of aromatic nitrogens is 2. The van der Waals surface area contributed by atoms with Crippen molar-refractivity contribution in [3.05, 3.63) is 53.5 Å². The molecule has 116 valence electrons. The highest BCUT2D eigenvalue weighted by molar-refractivity contribution is 7.56. The lowest BCUT2D eigenvalue weighted by Crippen LogP contribution is -2.13. The molecule has 0 spiro atoms. The van der Waals surface area contributed by atoms with Gasteiger partial charge in [0.25, 0.3) is 5.91 Å². The molecule has 1 N–H and O–H groups in total. The normalized spacial score (nSPS) is 10.7. The zero-order valence-electron chi connectivity index (χ0n) is 13.3. The van der Waals surface area contributed by atoms with Gasteiger partial charge < -0.3 is 5.32 Å². The molecule has 0 fully saturated rings. The van der Waals surface area contributed by atoms with Crippen LogP contribution in [0.1, 0.15) is 35.5 Å². The lowest BCUT2D eigenvalue weighted by molar-refractivity contribution is 0.102. The summed E-state index contributed by atoms with van der Waals surface area (Å²) >= 11 is 0. The second-order valence-corrected chi connectivity index (χ2v) is 8.08. The van der Waals surface area contributed by atoms with Crippen molar-refractivity contribution in [3.8, 4) is 0 Å². The van der Waals surface area contributed by atoms with Crippen molar-refractivity contribution in [2.24, 2.45) is 0 Å². The summed E-state index contributed by atoms with van der Waals surface area (Å²) in [5.74, 6) is 0.318. The van der Waals surface area contributed by atoms with Gasteiger partial charge in [0.1, 0.15) is 0 Å². The molecule has 2 aromatic rings. The highest BCUT2D eigenvalue weighted by atomic mass is 31.1. The SMILES string of the molecule is CCP(CC)Cc1ccc(C(=O)Nc2cnc(C)cn2)cc1. The molecule has 0 radical (unpaired) electrons. The molecule has 4 nitrogen and oxygen atoms in total. The second kappa shape index (κ2) is 8.00. The largest absolute Gasteiger partial charge is 0.305 e. The number of aryl methyl sites for hydroxylation is 1. The van der Waals surface area contributed by atoms with E-state index in [9.17, 15) is 4.79 Å². The summed E-state index contributed by atoms with van der Waals surface area (Å²) in [6.07, 6.45) is 6.84. The summed E-state index contributed by atoms with van der Waals surface area (Å²) in [4.78, 5) is 20.4. The minimum Gasteiger partial charge on any atom is -0.305 e. The maximum absolute atomic E-state index is 12.2. The molecule has 0 aliphatic rings. The number of amides is 1. The Morgan fingerprint density at radius 1 is 1.09 bits per heavy atom. The number of nitrogens with zero attached hydrogens (tertiary/aromatic N) is 2. The van der Waals surface area contributed by atoms with Crippen LogP contribution in [0.3, 0.4) is 0 Å². The minimum absolute atomic E-state index is 0.0808. The first-order valence-electron chi connectivity index (χ1n) is 7.53. The first kappa shape index (κ1) is 16.6. The molecule has 5 heteroatoms. The van der Waals surface area contributed by atoms with Gasteiger partial charge in [-0.3, -0.25) is 9.78 Å². The number of benzene rings is 1. The van der Waals surface area contributed by atoms with Gasteiger partial charge in [0.05, 0.1) is 18.1 Å². The van der Waals surface area contributed by atoms with Crippen LogP contribution in [0, 0.1) is 6.92 Å². The van der Waals surface area contributed by atoms with Crippen LogP contribution in [0.4, 0.5) is 5.82 Å². The van der Waals surface area contributed by atoms with Crippen LogP contribution < -0.4 is 5.32 Å². The molecule has 1 aromatic carbocycles. The van der Waals surface area contributed by atoms with Gasteiger partial charge in [-0.25, -0.2) is 4.98 Å². The molecule has 0 saturated carbocycles. The lowest BCUT2D eigenvalue weighted by Gasteiger charge is -2.13. The Balaban J connectivity index is 2.00. The summed E-state index contributed by atoms with van der Waals surface area (Å²) in [5.41, 5.74) is 2.77. The molecule has 0 aliphatic heterocycles. The van der Waals surface area contributed by atoms with Crippen LogP contribution in [-0.2, 0) is 6.16 Å². The highest BCUT2D eigenvalue weighted by Crippen LogP contribution is 2.38. The van der Waals surface area contributed by atoms with Gasteiger partial charge in [0.2, 0.25) is 0 Å². The molecule has 22 heavy (non-hydrogen) atoms. The zero-order valence-corrected chi connectivity index (χ0v) is 14.2. The van der Waals surface area contributed by atoms with Gasteiger partial charge in [-0.1, -0.05) is 26.0 Å². The predicted molar refractivity (Wildman–Crippen MR) is 92.9 cm³/mol. The number of carbonyl (C=O) groups excluding carboxylic acids is 1. The van der Waals surface area contributed by atoms with Crippen molar-refractivity contribution < 1.29 is 4.79 Å². The fourth-order valence-electron chi connectivity index (χ4n) is 2.11. The number of nitrogens with one attached hydrogen (secondary N) is 1. The Kier molecular flexibility index (Phi) is 6.02. The van der Waals surface area contributed by atoms with E-state index in [-0.39, 0.29) is 13.8 Å². The fourth-order valence-corrected chi connectivity index (χ4v) is 3.73. The Bertz CT molecular complexity index is 607. The molecule has 0 atom stereocenters. The summed E-state index contributed by atoms with van der Waals surface area (Å²) < 4.78 is 0. The van der Waals surface area contributed by atoms with Crippen LogP contribution in [0.5, 0.6) is 0 Å². The van der Waals surface area contributed by atoms with Crippen molar-refractivity contribution in [2.75, 3.05) is 17.6 Å². The summed E-state index contributed by atoms with van der Waals surface area (Å²) in [5, 5.41) is 2.76. The molecule has 0 aliphatic carbocycles. The first-order valence-corrected chi connectivity index (χ1v) is 9.43. The van der Waals surface area contributed by atoms with Crippen molar-refractivity contribution in [2.45, 2.75) is 26.9 Å². The molecule has 0 unspecified atom stereocenters. The van der Waals surface area contributed by atoms with Gasteiger partial charge in [-0.2, -0.15) is 0 Å². The van der Waals surface area contributed by atoms with E-state index < -0.39 is 0 Å². The topological polar surface area (TPSA) is 54.9 Å². The Labute approximate surface area is 133 Å². The summed E-state index contributed by atoms with van der Waals surface area (Å²) in [6, 6.07) is 7.86. The molecule has 1 amide bonds. The third kappa shape index (κ3) is 4.60. The number of anilines is 1. The van der Waals surface area contributed by atoms with Gasteiger partial charge >= 0.3 is 0 Å². The third-order valence-corrected chi connectivity index (χ3v) is 6.14. The zero-order chi connectivity index (χ0) is 15.9. The second-order valence-electron chi connectivity index (χ2n) is 5.16. The average Bonchev–Trinajstić information content (AvgIpc) is 2.55. The van der Waals surface area contributed by atoms with Gasteiger partial charge in [0.15, 0.2) is 5.82 Å². The van der Waals surface area contributed by atoms with Crippen LogP contribution >= 0.6 is 7.92 Å². The molecular weight excluding hydrogens is 293 g/mol. The smallest absolute Gasteiger partial charge is 0.256 e. The molecule has 0 saturated heterocycles. The van der Waals surface area contributed by atoms with Gasteiger partial charge in [-0.05, 0) is 43.1 Å². The van der Waals surface area contributed by atoms with E-state index in [4.69, 9.17) is 0 Å². The van der Waals surface area contributed by atoms with Crippen LogP contribution in [0.15, 0.2) is 36.7 Å². The summed E-state index contributed by atoms with van der Waals surface area (Å²) in [6.45, 7) is 6.36. The minimum atomic E-state index is -0.155. The van der Waals surface area contributed by atoms with E-state index in [0.717, 1.165) is 11.9 Å². The number of hydrogen-bond donors (Lipinski definition) is 1. The van der Waals surface area contributed by atoms with E-state index in [1.165, 1.54) is 17.9 Å². The number of rotatable bonds is 6. The van der Waals surface area contributed by atoms with Crippen molar-refractivity contribution in [1.82, 2.24) is 9.97 Å². The Morgan fingerprint density at radius 2 is 1.77 bits per heavy atom. The fraction of sp³-hybridized carbons (Fsp3) is 0.353. The predicted octanol–water partition coefficient (Wildman–Crippen LogP) is 4.06. The molecule has 2 rings (SSSR count). The maximum Gasteiger partial charge on any atom is 0.256 e. The first-order chi connectivity index (χ1) is 10.6. The molecule has 0 bridgehead atoms. The maximum atomic E-state index is 12.2.